The average molecular weight is 355 g/mol. The number of nitrogens with zero attached hydrogens (tertiary/aromatic N) is 6. The van der Waals surface area contributed by atoms with E-state index in [-0.39, 0.29) is 18.3 Å². The molecule has 0 saturated heterocycles. The minimum Gasteiger partial charge on any atom is -0.358 e. The predicted molar refractivity (Wildman–Crippen MR) is 92.6 cm³/mol. The number of hydrogen-bond acceptors (Lipinski definition) is 6. The third kappa shape index (κ3) is 4.09. The number of aromatic nitrogens is 5. The molecule has 10 heteroatoms. The lowest BCUT2D eigenvalue weighted by atomic mass is 10.1. The van der Waals surface area contributed by atoms with Crippen LogP contribution < -0.4 is 5.32 Å². The van der Waals surface area contributed by atoms with Crippen LogP contribution in [0.1, 0.15) is 16.8 Å². The highest BCUT2D eigenvalue weighted by Crippen LogP contribution is 2.11. The third-order valence-corrected chi connectivity index (χ3v) is 3.70. The van der Waals surface area contributed by atoms with Crippen molar-refractivity contribution in [2.75, 3.05) is 5.32 Å². The molecule has 2 heterocycles. The van der Waals surface area contributed by atoms with Gasteiger partial charge in [-0.1, -0.05) is 29.8 Å². The van der Waals surface area contributed by atoms with Crippen molar-refractivity contribution in [1.29, 1.82) is 0 Å². The topological polar surface area (TPSA) is 121 Å². The summed E-state index contributed by atoms with van der Waals surface area (Å²) in [5.74, 6) is -0.545. The molecule has 10 nitrogen and oxygen atoms in total. The van der Waals surface area contributed by atoms with E-state index >= 15 is 0 Å². The maximum Gasteiger partial charge on any atom is 0.390 e. The minimum atomic E-state index is -0.601. The molecule has 0 radical (unpaired) electrons. The smallest absolute Gasteiger partial charge is 0.358 e. The van der Waals surface area contributed by atoms with Gasteiger partial charge < -0.3 is 10.1 Å². The molecule has 0 aliphatic carbocycles. The molecule has 1 N–H and O–H groups in total. The van der Waals surface area contributed by atoms with E-state index in [1.54, 1.807) is 11.6 Å². The second kappa shape index (κ2) is 7.13. The zero-order chi connectivity index (χ0) is 18.7. The summed E-state index contributed by atoms with van der Waals surface area (Å²) in [5, 5.41) is 21.3. The fraction of sp³-hybridized carbons (Fsp3) is 0.250. The molecule has 0 unspecified atom stereocenters. The number of nitrogens with one attached hydrogen (secondary N) is 1. The van der Waals surface area contributed by atoms with Gasteiger partial charge in [0, 0.05) is 0 Å². The fourth-order valence-corrected chi connectivity index (χ4v) is 2.35. The average Bonchev–Trinajstić information content (AvgIpc) is 3.17. The van der Waals surface area contributed by atoms with E-state index in [1.807, 2.05) is 31.2 Å². The van der Waals surface area contributed by atoms with Crippen LogP contribution in [0.2, 0.25) is 0 Å². The Morgan fingerprint density at radius 1 is 1.23 bits per heavy atom. The monoisotopic (exact) mass is 355 g/mol. The molecular formula is C16H17N7O3. The number of amides is 1. The summed E-state index contributed by atoms with van der Waals surface area (Å²) in [6.45, 7) is 4.03. The van der Waals surface area contributed by atoms with Gasteiger partial charge in [0.2, 0.25) is 5.95 Å². The number of carbonyl (C=O) groups is 1. The van der Waals surface area contributed by atoms with Gasteiger partial charge in [0.25, 0.3) is 5.91 Å². The van der Waals surface area contributed by atoms with Crippen molar-refractivity contribution in [3.8, 4) is 0 Å². The molecule has 0 fully saturated rings. The first-order valence-corrected chi connectivity index (χ1v) is 7.84. The first-order valence-electron chi connectivity index (χ1n) is 7.84. The number of rotatable bonds is 6. The van der Waals surface area contributed by atoms with Crippen LogP contribution in [0.15, 0.2) is 36.7 Å². The number of carbonyl (C=O) groups excluding carboxylic acids is 1. The summed E-state index contributed by atoms with van der Waals surface area (Å²) >= 11 is 0. The van der Waals surface area contributed by atoms with Crippen molar-refractivity contribution in [1.82, 2.24) is 24.5 Å². The Bertz CT molecular complexity index is 943. The molecule has 0 bridgehead atoms. The second-order valence-corrected chi connectivity index (χ2v) is 5.86. The van der Waals surface area contributed by atoms with Gasteiger partial charge in [-0.05, 0) is 24.3 Å². The highest BCUT2D eigenvalue weighted by Gasteiger charge is 2.18. The molecule has 3 aromatic rings. The zero-order valence-corrected chi connectivity index (χ0v) is 14.3. The minimum absolute atomic E-state index is 0.161. The van der Waals surface area contributed by atoms with Crippen molar-refractivity contribution < 1.29 is 9.72 Å². The Kier molecular flexibility index (Phi) is 4.74. The summed E-state index contributed by atoms with van der Waals surface area (Å²) in [6, 6.07) is 9.34. The number of hydrogen-bond donors (Lipinski definition) is 1. The normalized spacial score (nSPS) is 10.7. The Labute approximate surface area is 148 Å². The first-order chi connectivity index (χ1) is 12.4. The van der Waals surface area contributed by atoms with Crippen LogP contribution in [0.25, 0.3) is 0 Å². The van der Waals surface area contributed by atoms with Crippen molar-refractivity contribution in [2.45, 2.75) is 26.9 Å². The molecule has 0 atom stereocenters. The van der Waals surface area contributed by atoms with Gasteiger partial charge in [0.1, 0.15) is 12.9 Å². The number of benzene rings is 1. The highest BCUT2D eigenvalue weighted by atomic mass is 16.6. The SMILES string of the molecule is Cc1ccc(Cn2cnc(NC(=O)Cn3nc([N+](=O)[O-])cc3C)n2)cc1. The van der Waals surface area contributed by atoms with E-state index in [1.165, 1.54) is 22.6 Å². The molecule has 134 valence electrons. The highest BCUT2D eigenvalue weighted by molar-refractivity contribution is 5.88. The van der Waals surface area contributed by atoms with Gasteiger partial charge in [-0.3, -0.25) is 10.1 Å². The Morgan fingerprint density at radius 3 is 2.62 bits per heavy atom. The van der Waals surface area contributed by atoms with Gasteiger partial charge >= 0.3 is 5.82 Å². The van der Waals surface area contributed by atoms with Gasteiger partial charge in [-0.25, -0.2) is 9.67 Å². The fourth-order valence-electron chi connectivity index (χ4n) is 2.35. The molecule has 0 saturated carbocycles. The molecule has 0 aliphatic rings. The molecular weight excluding hydrogens is 338 g/mol. The van der Waals surface area contributed by atoms with Crippen molar-refractivity contribution in [3.05, 3.63) is 63.6 Å². The van der Waals surface area contributed by atoms with E-state index in [9.17, 15) is 14.9 Å². The molecule has 3 rings (SSSR count). The summed E-state index contributed by atoms with van der Waals surface area (Å²) in [4.78, 5) is 26.3. The lowest BCUT2D eigenvalue weighted by Crippen LogP contribution is -2.21. The number of aryl methyl sites for hydroxylation is 2. The second-order valence-electron chi connectivity index (χ2n) is 5.86. The number of nitro groups is 1. The zero-order valence-electron chi connectivity index (χ0n) is 14.3. The van der Waals surface area contributed by atoms with Crippen molar-refractivity contribution in [2.24, 2.45) is 0 Å². The molecule has 26 heavy (non-hydrogen) atoms. The Hall–Kier alpha value is -3.56. The first kappa shape index (κ1) is 17.3. The summed E-state index contributed by atoms with van der Waals surface area (Å²) in [5.41, 5.74) is 2.76. The van der Waals surface area contributed by atoms with Crippen LogP contribution in [0.3, 0.4) is 0 Å². The van der Waals surface area contributed by atoms with Gasteiger partial charge in [-0.15, -0.1) is 5.10 Å². The van der Waals surface area contributed by atoms with E-state index in [0.717, 1.165) is 5.56 Å². The Balaban J connectivity index is 1.60. The molecule has 1 aromatic carbocycles. The van der Waals surface area contributed by atoms with Crippen molar-refractivity contribution >= 4 is 17.7 Å². The number of anilines is 1. The summed E-state index contributed by atoms with van der Waals surface area (Å²) in [7, 11) is 0. The third-order valence-electron chi connectivity index (χ3n) is 3.70. The van der Waals surface area contributed by atoms with Crippen LogP contribution >= 0.6 is 0 Å². The van der Waals surface area contributed by atoms with Crippen LogP contribution in [-0.2, 0) is 17.9 Å². The predicted octanol–water partition coefficient (Wildman–Crippen LogP) is 1.69. The van der Waals surface area contributed by atoms with Crippen LogP contribution in [-0.4, -0.2) is 35.4 Å². The van der Waals surface area contributed by atoms with E-state index < -0.39 is 10.8 Å². The summed E-state index contributed by atoms with van der Waals surface area (Å²) < 4.78 is 2.88. The van der Waals surface area contributed by atoms with E-state index in [0.29, 0.717) is 12.2 Å². The van der Waals surface area contributed by atoms with Gasteiger partial charge in [0.15, 0.2) is 0 Å². The molecule has 0 spiro atoms. The largest absolute Gasteiger partial charge is 0.390 e. The molecule has 0 aliphatic heterocycles. The standard InChI is InChI=1S/C16H17N7O3/c1-11-3-5-13(6-4-11)8-21-10-17-16(20-21)18-15(24)9-22-12(2)7-14(19-22)23(25)26/h3-7,10H,8-9H2,1-2H3,(H,18,20,24). The van der Waals surface area contributed by atoms with Crippen LogP contribution in [0.5, 0.6) is 0 Å². The molecule has 2 aromatic heterocycles. The summed E-state index contributed by atoms with van der Waals surface area (Å²) in [6.07, 6.45) is 1.53. The van der Waals surface area contributed by atoms with Crippen molar-refractivity contribution in [3.63, 3.8) is 0 Å². The van der Waals surface area contributed by atoms with Crippen LogP contribution in [0, 0.1) is 24.0 Å². The lowest BCUT2D eigenvalue weighted by molar-refractivity contribution is -0.389. The maximum atomic E-state index is 12.1. The maximum absolute atomic E-state index is 12.1. The lowest BCUT2D eigenvalue weighted by Gasteiger charge is -2.02. The quantitative estimate of drug-likeness (QED) is 0.530. The molecule has 1 amide bonds. The van der Waals surface area contributed by atoms with Gasteiger partial charge in [0.05, 0.1) is 23.4 Å². The van der Waals surface area contributed by atoms with Gasteiger partial charge in [-0.2, -0.15) is 4.68 Å². The van der Waals surface area contributed by atoms with E-state index in [2.05, 4.69) is 20.5 Å². The van der Waals surface area contributed by atoms with Crippen LogP contribution in [0.4, 0.5) is 11.8 Å². The van der Waals surface area contributed by atoms with E-state index in [4.69, 9.17) is 0 Å². The Morgan fingerprint density at radius 2 is 1.96 bits per heavy atom.